The van der Waals surface area contributed by atoms with Gasteiger partial charge in [0.1, 0.15) is 0 Å². The summed E-state index contributed by atoms with van der Waals surface area (Å²) in [5.74, 6) is 1.70. The van der Waals surface area contributed by atoms with E-state index < -0.39 is 0 Å². The fourth-order valence-corrected chi connectivity index (χ4v) is 2.89. The van der Waals surface area contributed by atoms with Gasteiger partial charge in [-0.05, 0) is 36.8 Å². The zero-order valence-electron chi connectivity index (χ0n) is 11.8. The maximum absolute atomic E-state index is 9.26. The minimum absolute atomic E-state index is 0.0243. The van der Waals surface area contributed by atoms with Crippen LogP contribution >= 0.6 is 0 Å². The van der Waals surface area contributed by atoms with Gasteiger partial charge in [0.2, 0.25) is 0 Å². The highest BCUT2D eigenvalue weighted by Crippen LogP contribution is 2.27. The van der Waals surface area contributed by atoms with E-state index >= 15 is 0 Å². The van der Waals surface area contributed by atoms with Crippen molar-refractivity contribution in [2.24, 2.45) is 11.8 Å². The normalized spacial score (nSPS) is 24.6. The zero-order valence-corrected chi connectivity index (χ0v) is 11.8. The molecular weight excluding hydrogens is 232 g/mol. The summed E-state index contributed by atoms with van der Waals surface area (Å²) in [6.07, 6.45) is 5.42. The highest BCUT2D eigenvalue weighted by atomic mass is 14.9. The highest BCUT2D eigenvalue weighted by Gasteiger charge is 2.18. The van der Waals surface area contributed by atoms with Crippen molar-refractivity contribution in [3.63, 3.8) is 0 Å². The van der Waals surface area contributed by atoms with Gasteiger partial charge in [-0.25, -0.2) is 0 Å². The molecule has 102 valence electrons. The number of rotatable bonds is 5. The van der Waals surface area contributed by atoms with Crippen molar-refractivity contribution in [2.45, 2.75) is 38.5 Å². The minimum Gasteiger partial charge on any atom is -0.315 e. The smallest absolute Gasteiger partial charge is 0.0837 e. The molecule has 1 saturated carbocycles. The molecule has 0 bridgehead atoms. The number of nitrogens with one attached hydrogen (secondary N) is 1. The molecule has 0 saturated heterocycles. The standard InChI is InChI=1S/C17H24N2/c1-14-7-9-15(10-8-14)12-19-13-17(11-18)16-5-3-2-4-6-16/h2-6,14-15,17,19H,7-10,12-13H2,1H3. The number of nitrogens with zero attached hydrogens (tertiary/aromatic N) is 1. The van der Waals surface area contributed by atoms with E-state index in [0.29, 0.717) is 0 Å². The monoisotopic (exact) mass is 256 g/mol. The largest absolute Gasteiger partial charge is 0.315 e. The maximum atomic E-state index is 9.26. The van der Waals surface area contributed by atoms with Gasteiger partial charge in [-0.15, -0.1) is 0 Å². The van der Waals surface area contributed by atoms with Crippen LogP contribution in [0.4, 0.5) is 0 Å². The summed E-state index contributed by atoms with van der Waals surface area (Å²) in [5, 5.41) is 12.8. The molecule has 0 heterocycles. The van der Waals surface area contributed by atoms with Gasteiger partial charge in [0.15, 0.2) is 0 Å². The second-order valence-electron chi connectivity index (χ2n) is 5.88. The van der Waals surface area contributed by atoms with Gasteiger partial charge in [0.25, 0.3) is 0 Å². The van der Waals surface area contributed by atoms with Crippen LogP contribution < -0.4 is 5.32 Å². The van der Waals surface area contributed by atoms with Crippen LogP contribution in [0.1, 0.15) is 44.1 Å². The first-order valence-corrected chi connectivity index (χ1v) is 7.45. The van der Waals surface area contributed by atoms with Gasteiger partial charge in [-0.1, -0.05) is 50.1 Å². The average Bonchev–Trinajstić information content (AvgIpc) is 2.46. The highest BCUT2D eigenvalue weighted by molar-refractivity contribution is 5.24. The molecule has 1 aliphatic rings. The molecule has 0 aliphatic heterocycles. The van der Waals surface area contributed by atoms with Crippen LogP contribution in [-0.4, -0.2) is 13.1 Å². The molecule has 1 fully saturated rings. The van der Waals surface area contributed by atoms with Gasteiger partial charge in [-0.2, -0.15) is 5.26 Å². The third-order valence-electron chi connectivity index (χ3n) is 4.27. The van der Waals surface area contributed by atoms with Crippen molar-refractivity contribution in [3.05, 3.63) is 35.9 Å². The Labute approximate surface area is 116 Å². The molecule has 19 heavy (non-hydrogen) atoms. The van der Waals surface area contributed by atoms with E-state index in [1.807, 2.05) is 30.3 Å². The lowest BCUT2D eigenvalue weighted by molar-refractivity contribution is 0.282. The van der Waals surface area contributed by atoms with Gasteiger partial charge in [0.05, 0.1) is 12.0 Å². The van der Waals surface area contributed by atoms with Crippen molar-refractivity contribution in [2.75, 3.05) is 13.1 Å². The van der Waals surface area contributed by atoms with Gasteiger partial charge < -0.3 is 5.32 Å². The predicted molar refractivity (Wildman–Crippen MR) is 78.8 cm³/mol. The van der Waals surface area contributed by atoms with Crippen molar-refractivity contribution in [1.82, 2.24) is 5.32 Å². The Morgan fingerprint density at radius 1 is 1.21 bits per heavy atom. The fraction of sp³-hybridized carbons (Fsp3) is 0.588. The molecule has 0 amide bonds. The molecule has 1 N–H and O–H groups in total. The predicted octanol–water partition coefficient (Wildman–Crippen LogP) is 3.71. The Morgan fingerprint density at radius 3 is 2.53 bits per heavy atom. The third-order valence-corrected chi connectivity index (χ3v) is 4.27. The number of hydrogen-bond acceptors (Lipinski definition) is 2. The SMILES string of the molecule is CC1CCC(CNCC(C#N)c2ccccc2)CC1. The molecule has 0 aromatic heterocycles. The molecular formula is C17H24N2. The molecule has 1 unspecified atom stereocenters. The van der Waals surface area contributed by atoms with E-state index in [4.69, 9.17) is 0 Å². The van der Waals surface area contributed by atoms with Crippen molar-refractivity contribution < 1.29 is 0 Å². The number of benzene rings is 1. The lowest BCUT2D eigenvalue weighted by Gasteiger charge is -2.26. The second-order valence-corrected chi connectivity index (χ2v) is 5.88. The molecule has 1 aromatic carbocycles. The quantitative estimate of drug-likeness (QED) is 0.871. The first-order chi connectivity index (χ1) is 9.29. The molecule has 0 radical (unpaired) electrons. The topological polar surface area (TPSA) is 35.8 Å². The van der Waals surface area contributed by atoms with Crippen LogP contribution in [0, 0.1) is 23.2 Å². The molecule has 1 aromatic rings. The Kier molecular flexibility index (Phi) is 5.42. The summed E-state index contributed by atoms with van der Waals surface area (Å²) in [6.45, 7) is 4.19. The van der Waals surface area contributed by atoms with Crippen LogP contribution in [0.2, 0.25) is 0 Å². The van der Waals surface area contributed by atoms with Crippen LogP contribution in [0.25, 0.3) is 0 Å². The van der Waals surface area contributed by atoms with Crippen LogP contribution in [-0.2, 0) is 0 Å². The van der Waals surface area contributed by atoms with Crippen LogP contribution in [0.5, 0.6) is 0 Å². The molecule has 2 nitrogen and oxygen atoms in total. The first-order valence-electron chi connectivity index (χ1n) is 7.45. The fourth-order valence-electron chi connectivity index (χ4n) is 2.89. The van der Waals surface area contributed by atoms with E-state index in [-0.39, 0.29) is 5.92 Å². The van der Waals surface area contributed by atoms with Crippen molar-refractivity contribution in [1.29, 1.82) is 5.26 Å². The summed E-state index contributed by atoms with van der Waals surface area (Å²) in [4.78, 5) is 0. The molecule has 1 atom stereocenters. The molecule has 2 heteroatoms. The lowest BCUT2D eigenvalue weighted by Crippen LogP contribution is -2.29. The molecule has 1 aliphatic carbocycles. The van der Waals surface area contributed by atoms with E-state index in [2.05, 4.69) is 18.3 Å². The minimum atomic E-state index is -0.0243. The average molecular weight is 256 g/mol. The number of nitriles is 1. The second kappa shape index (κ2) is 7.31. The Hall–Kier alpha value is -1.33. The van der Waals surface area contributed by atoms with E-state index in [9.17, 15) is 5.26 Å². The maximum Gasteiger partial charge on any atom is 0.0837 e. The van der Waals surface area contributed by atoms with Crippen molar-refractivity contribution in [3.8, 4) is 6.07 Å². The lowest BCUT2D eigenvalue weighted by atomic mass is 9.83. The Balaban J connectivity index is 1.74. The summed E-state index contributed by atoms with van der Waals surface area (Å²) in [7, 11) is 0. The van der Waals surface area contributed by atoms with Crippen molar-refractivity contribution >= 4 is 0 Å². The van der Waals surface area contributed by atoms with Gasteiger partial charge in [-0.3, -0.25) is 0 Å². The molecule has 2 rings (SSSR count). The van der Waals surface area contributed by atoms with E-state index in [1.54, 1.807) is 0 Å². The summed E-state index contributed by atoms with van der Waals surface area (Å²) in [6, 6.07) is 12.5. The Morgan fingerprint density at radius 2 is 1.89 bits per heavy atom. The van der Waals surface area contributed by atoms with Gasteiger partial charge >= 0.3 is 0 Å². The third kappa shape index (κ3) is 4.36. The first kappa shape index (κ1) is 14.1. The Bertz CT molecular complexity index is 399. The van der Waals surface area contributed by atoms with Crippen LogP contribution in [0.3, 0.4) is 0 Å². The summed E-state index contributed by atoms with van der Waals surface area (Å²) in [5.41, 5.74) is 1.12. The zero-order chi connectivity index (χ0) is 13.5. The van der Waals surface area contributed by atoms with E-state index in [1.165, 1.54) is 25.7 Å². The van der Waals surface area contributed by atoms with Gasteiger partial charge in [0, 0.05) is 6.54 Å². The number of hydrogen-bond donors (Lipinski definition) is 1. The summed E-state index contributed by atoms with van der Waals surface area (Å²) < 4.78 is 0. The van der Waals surface area contributed by atoms with E-state index in [0.717, 1.165) is 30.5 Å². The summed E-state index contributed by atoms with van der Waals surface area (Å²) >= 11 is 0. The molecule has 0 spiro atoms. The van der Waals surface area contributed by atoms with Crippen LogP contribution in [0.15, 0.2) is 30.3 Å².